The van der Waals surface area contributed by atoms with Crippen LogP contribution in [0.25, 0.3) is 0 Å². The van der Waals surface area contributed by atoms with E-state index in [4.69, 9.17) is 10.5 Å². The van der Waals surface area contributed by atoms with Gasteiger partial charge in [0.2, 0.25) is 0 Å². The van der Waals surface area contributed by atoms with Crippen molar-refractivity contribution in [2.45, 2.75) is 46.6 Å². The van der Waals surface area contributed by atoms with Crippen molar-refractivity contribution in [3.63, 3.8) is 0 Å². The van der Waals surface area contributed by atoms with E-state index in [0.717, 1.165) is 18.6 Å². The average molecular weight is 249 g/mol. The molecule has 1 rings (SSSR count). The molecule has 0 aliphatic rings. The zero-order valence-corrected chi connectivity index (χ0v) is 12.4. The van der Waals surface area contributed by atoms with Crippen LogP contribution in [0, 0.1) is 11.3 Å². The Hall–Kier alpha value is -1.02. The number of rotatable bonds is 5. The molecule has 0 fully saturated rings. The molecule has 0 radical (unpaired) electrons. The van der Waals surface area contributed by atoms with Gasteiger partial charge in [-0.3, -0.25) is 0 Å². The lowest BCUT2D eigenvalue weighted by Crippen LogP contribution is -2.30. The topological polar surface area (TPSA) is 35.2 Å². The second-order valence-corrected chi connectivity index (χ2v) is 6.28. The van der Waals surface area contributed by atoms with E-state index in [9.17, 15) is 0 Å². The van der Waals surface area contributed by atoms with Crippen LogP contribution in [-0.2, 0) is 6.42 Å². The van der Waals surface area contributed by atoms with E-state index in [1.807, 2.05) is 18.2 Å². The van der Waals surface area contributed by atoms with Crippen molar-refractivity contribution < 1.29 is 4.74 Å². The first-order valence-electron chi connectivity index (χ1n) is 6.72. The predicted octanol–water partition coefficient (Wildman–Crippen LogP) is 3.64. The molecule has 0 bridgehead atoms. The maximum atomic E-state index is 6.27. The summed E-state index contributed by atoms with van der Waals surface area (Å²) in [4.78, 5) is 0. The van der Waals surface area contributed by atoms with Crippen molar-refractivity contribution in [1.29, 1.82) is 0 Å². The Kier molecular flexibility index (Phi) is 5.21. The number of nitrogens with two attached hydrogens (primary N) is 1. The summed E-state index contributed by atoms with van der Waals surface area (Å²) in [7, 11) is 1.71. The van der Waals surface area contributed by atoms with Crippen molar-refractivity contribution >= 4 is 0 Å². The Morgan fingerprint density at radius 3 is 2.39 bits per heavy atom. The highest BCUT2D eigenvalue weighted by Crippen LogP contribution is 2.30. The number of hydrogen-bond donors (Lipinski definition) is 1. The minimum atomic E-state index is 0.190. The van der Waals surface area contributed by atoms with Gasteiger partial charge in [-0.1, -0.05) is 45.9 Å². The monoisotopic (exact) mass is 249 g/mol. The highest BCUT2D eigenvalue weighted by Gasteiger charge is 2.22. The molecule has 1 aromatic rings. The number of para-hydroxylation sites is 1. The summed E-state index contributed by atoms with van der Waals surface area (Å²) in [6.45, 7) is 9.09. The van der Waals surface area contributed by atoms with Crippen LogP contribution in [0.5, 0.6) is 5.75 Å². The molecule has 18 heavy (non-hydrogen) atoms. The molecule has 2 atom stereocenters. The zero-order chi connectivity index (χ0) is 13.8. The van der Waals surface area contributed by atoms with Crippen molar-refractivity contribution in [3.8, 4) is 5.75 Å². The van der Waals surface area contributed by atoms with Gasteiger partial charge >= 0.3 is 0 Å². The van der Waals surface area contributed by atoms with E-state index in [1.54, 1.807) is 7.11 Å². The largest absolute Gasteiger partial charge is 0.496 e. The van der Waals surface area contributed by atoms with Crippen molar-refractivity contribution in [3.05, 3.63) is 29.8 Å². The fourth-order valence-corrected chi connectivity index (χ4v) is 2.05. The SMILES string of the molecule is COc1ccccc1CC(N)CC(C)C(C)(C)C. The molecular formula is C16H27NO. The minimum Gasteiger partial charge on any atom is -0.496 e. The molecule has 2 unspecified atom stereocenters. The molecule has 2 nitrogen and oxygen atoms in total. The van der Waals surface area contributed by atoms with Crippen molar-refractivity contribution in [2.24, 2.45) is 17.1 Å². The van der Waals surface area contributed by atoms with E-state index >= 15 is 0 Å². The van der Waals surface area contributed by atoms with Gasteiger partial charge in [-0.15, -0.1) is 0 Å². The number of ether oxygens (including phenoxy) is 1. The van der Waals surface area contributed by atoms with E-state index in [0.29, 0.717) is 11.3 Å². The number of benzene rings is 1. The maximum absolute atomic E-state index is 6.27. The van der Waals surface area contributed by atoms with E-state index in [-0.39, 0.29) is 6.04 Å². The quantitative estimate of drug-likeness (QED) is 0.864. The average Bonchev–Trinajstić information content (AvgIpc) is 2.28. The van der Waals surface area contributed by atoms with Crippen LogP contribution < -0.4 is 10.5 Å². The Balaban J connectivity index is 2.62. The molecule has 0 amide bonds. The second-order valence-electron chi connectivity index (χ2n) is 6.28. The van der Waals surface area contributed by atoms with Crippen molar-refractivity contribution in [2.75, 3.05) is 7.11 Å². The van der Waals surface area contributed by atoms with Crippen LogP contribution in [0.2, 0.25) is 0 Å². The fourth-order valence-electron chi connectivity index (χ4n) is 2.05. The number of hydrogen-bond acceptors (Lipinski definition) is 2. The molecule has 1 aromatic carbocycles. The number of methoxy groups -OCH3 is 1. The summed E-state index contributed by atoms with van der Waals surface area (Å²) in [6, 6.07) is 8.31. The van der Waals surface area contributed by atoms with Gasteiger partial charge in [-0.05, 0) is 35.8 Å². The van der Waals surface area contributed by atoms with Crippen molar-refractivity contribution in [1.82, 2.24) is 0 Å². The third kappa shape index (κ3) is 4.34. The molecule has 2 N–H and O–H groups in total. The van der Waals surface area contributed by atoms with Gasteiger partial charge < -0.3 is 10.5 Å². The molecule has 2 heteroatoms. The highest BCUT2D eigenvalue weighted by molar-refractivity contribution is 5.33. The molecule has 0 spiro atoms. The van der Waals surface area contributed by atoms with E-state index < -0.39 is 0 Å². The van der Waals surface area contributed by atoms with Gasteiger partial charge in [0, 0.05) is 6.04 Å². The van der Waals surface area contributed by atoms with Gasteiger partial charge in [0.25, 0.3) is 0 Å². The van der Waals surface area contributed by atoms with Crippen LogP contribution >= 0.6 is 0 Å². The molecule has 102 valence electrons. The first-order valence-corrected chi connectivity index (χ1v) is 6.72. The first-order chi connectivity index (χ1) is 8.34. The summed E-state index contributed by atoms with van der Waals surface area (Å²) in [5, 5.41) is 0. The molecule has 0 saturated carbocycles. The molecule has 0 heterocycles. The fraction of sp³-hybridized carbons (Fsp3) is 0.625. The summed E-state index contributed by atoms with van der Waals surface area (Å²) >= 11 is 0. The lowest BCUT2D eigenvalue weighted by Gasteiger charge is -2.29. The van der Waals surface area contributed by atoms with Gasteiger partial charge in [-0.25, -0.2) is 0 Å². The third-order valence-corrected chi connectivity index (χ3v) is 3.81. The predicted molar refractivity (Wildman–Crippen MR) is 77.9 cm³/mol. The normalized spacial score (nSPS) is 15.2. The van der Waals surface area contributed by atoms with Gasteiger partial charge in [0.1, 0.15) is 5.75 Å². The van der Waals surface area contributed by atoms with Crippen LogP contribution in [0.1, 0.15) is 39.7 Å². The Morgan fingerprint density at radius 1 is 1.22 bits per heavy atom. The third-order valence-electron chi connectivity index (χ3n) is 3.81. The van der Waals surface area contributed by atoms with Crippen LogP contribution in [-0.4, -0.2) is 13.2 Å². The Bertz CT molecular complexity index is 368. The summed E-state index contributed by atoms with van der Waals surface area (Å²) < 4.78 is 5.36. The van der Waals surface area contributed by atoms with E-state index in [2.05, 4.69) is 33.8 Å². The molecule has 0 aliphatic heterocycles. The first kappa shape index (κ1) is 15.0. The Morgan fingerprint density at radius 2 is 1.83 bits per heavy atom. The van der Waals surface area contributed by atoms with Gasteiger partial charge in [0.15, 0.2) is 0 Å². The highest BCUT2D eigenvalue weighted by atomic mass is 16.5. The van der Waals surface area contributed by atoms with Crippen LogP contribution in [0.15, 0.2) is 24.3 Å². The molecule has 0 saturated heterocycles. The zero-order valence-electron chi connectivity index (χ0n) is 12.4. The summed E-state index contributed by atoms with van der Waals surface area (Å²) in [5.41, 5.74) is 7.79. The molecular weight excluding hydrogens is 222 g/mol. The lowest BCUT2D eigenvalue weighted by atomic mass is 9.78. The summed E-state index contributed by atoms with van der Waals surface area (Å²) in [6.07, 6.45) is 1.92. The van der Waals surface area contributed by atoms with Gasteiger partial charge in [-0.2, -0.15) is 0 Å². The maximum Gasteiger partial charge on any atom is 0.122 e. The Labute approximate surface area is 112 Å². The summed E-state index contributed by atoms with van der Waals surface area (Å²) in [5.74, 6) is 1.55. The smallest absolute Gasteiger partial charge is 0.122 e. The molecule has 0 aromatic heterocycles. The van der Waals surface area contributed by atoms with Gasteiger partial charge in [0.05, 0.1) is 7.11 Å². The van der Waals surface area contributed by atoms with E-state index in [1.165, 1.54) is 5.56 Å². The van der Waals surface area contributed by atoms with Crippen LogP contribution in [0.3, 0.4) is 0 Å². The standard InChI is InChI=1S/C16H27NO/c1-12(16(2,3)4)10-14(17)11-13-8-6-7-9-15(13)18-5/h6-9,12,14H,10-11,17H2,1-5H3. The second kappa shape index (κ2) is 6.24. The molecule has 0 aliphatic carbocycles. The lowest BCUT2D eigenvalue weighted by molar-refractivity contribution is 0.232. The van der Waals surface area contributed by atoms with Crippen LogP contribution in [0.4, 0.5) is 0 Å². The minimum absolute atomic E-state index is 0.190.